The highest BCUT2D eigenvalue weighted by Crippen LogP contribution is 2.36. The Labute approximate surface area is 114 Å². The van der Waals surface area contributed by atoms with Gasteiger partial charge < -0.3 is 10.1 Å². The molecule has 0 atom stereocenters. The van der Waals surface area contributed by atoms with E-state index in [0.29, 0.717) is 11.4 Å². The van der Waals surface area contributed by atoms with Crippen molar-refractivity contribution in [2.24, 2.45) is 0 Å². The topological polar surface area (TPSA) is 34.1 Å². The minimum atomic E-state index is -4.43. The molecule has 0 amide bonds. The molecule has 0 saturated heterocycles. The molecule has 2 rings (SSSR count). The number of ether oxygens (including phenoxy) is 1. The molecule has 106 valence electrons. The Morgan fingerprint density at radius 1 is 1.15 bits per heavy atom. The molecule has 6 heteroatoms. The van der Waals surface area contributed by atoms with Gasteiger partial charge in [-0.25, -0.2) is 4.98 Å². The first kappa shape index (κ1) is 14.2. The Kier molecular flexibility index (Phi) is 4.12. The summed E-state index contributed by atoms with van der Waals surface area (Å²) >= 11 is 0. The number of hydrogen-bond donors (Lipinski definition) is 1. The second kappa shape index (κ2) is 5.81. The lowest BCUT2D eigenvalue weighted by atomic mass is 10.2. The van der Waals surface area contributed by atoms with Gasteiger partial charge in [-0.2, -0.15) is 13.2 Å². The molecule has 1 aromatic carbocycles. The second-order valence-corrected chi connectivity index (χ2v) is 4.08. The van der Waals surface area contributed by atoms with Crippen LogP contribution in [0.5, 0.6) is 5.75 Å². The number of benzene rings is 1. The van der Waals surface area contributed by atoms with Crippen LogP contribution >= 0.6 is 0 Å². The van der Waals surface area contributed by atoms with Gasteiger partial charge >= 0.3 is 6.18 Å². The van der Waals surface area contributed by atoms with Crippen LogP contribution < -0.4 is 10.1 Å². The molecule has 0 aliphatic carbocycles. The number of halogens is 3. The van der Waals surface area contributed by atoms with E-state index in [1.54, 1.807) is 25.4 Å². The first-order chi connectivity index (χ1) is 9.50. The maximum atomic E-state index is 12.8. The zero-order chi connectivity index (χ0) is 14.6. The van der Waals surface area contributed by atoms with Gasteiger partial charge in [0.2, 0.25) is 0 Å². The first-order valence-corrected chi connectivity index (χ1v) is 5.92. The smallest absolute Gasteiger partial charge is 0.419 e. The zero-order valence-electron chi connectivity index (χ0n) is 10.7. The lowest BCUT2D eigenvalue weighted by molar-refractivity contribution is -0.139. The summed E-state index contributed by atoms with van der Waals surface area (Å²) < 4.78 is 43.6. The number of rotatable bonds is 4. The number of para-hydroxylation sites is 1. The molecule has 0 aliphatic heterocycles. The molecule has 0 fully saturated rings. The van der Waals surface area contributed by atoms with E-state index >= 15 is 0 Å². The van der Waals surface area contributed by atoms with Crippen molar-refractivity contribution in [3.63, 3.8) is 0 Å². The molecule has 1 N–H and O–H groups in total. The molecule has 0 spiro atoms. The normalized spacial score (nSPS) is 11.2. The van der Waals surface area contributed by atoms with Gasteiger partial charge in [0.25, 0.3) is 0 Å². The summed E-state index contributed by atoms with van der Waals surface area (Å²) in [6, 6.07) is 8.62. The molecule has 20 heavy (non-hydrogen) atoms. The van der Waals surface area contributed by atoms with Crippen LogP contribution in [0.4, 0.5) is 19.0 Å². The van der Waals surface area contributed by atoms with Gasteiger partial charge in [0, 0.05) is 18.8 Å². The molecular weight excluding hydrogens is 269 g/mol. The van der Waals surface area contributed by atoms with E-state index in [9.17, 15) is 13.2 Å². The first-order valence-electron chi connectivity index (χ1n) is 5.92. The van der Waals surface area contributed by atoms with E-state index in [-0.39, 0.29) is 12.4 Å². The number of pyridine rings is 1. The van der Waals surface area contributed by atoms with E-state index in [1.807, 2.05) is 0 Å². The maximum absolute atomic E-state index is 12.8. The molecule has 0 unspecified atom stereocenters. The summed E-state index contributed by atoms with van der Waals surface area (Å²) in [5.41, 5.74) is -0.0826. The average Bonchev–Trinajstić information content (AvgIpc) is 2.45. The number of alkyl halides is 3. The third-order valence-corrected chi connectivity index (χ3v) is 2.67. The summed E-state index contributed by atoms with van der Waals surface area (Å²) in [6.45, 7) is 0.0318. The Morgan fingerprint density at radius 3 is 2.50 bits per heavy atom. The predicted octanol–water partition coefficient (Wildman–Crippen LogP) is 3.72. The lowest BCUT2D eigenvalue weighted by Gasteiger charge is -2.13. The minimum absolute atomic E-state index is 0.0318. The number of hydrogen-bond acceptors (Lipinski definition) is 3. The van der Waals surface area contributed by atoms with Crippen molar-refractivity contribution < 1.29 is 17.9 Å². The van der Waals surface area contributed by atoms with Crippen molar-refractivity contribution in [1.29, 1.82) is 0 Å². The van der Waals surface area contributed by atoms with Gasteiger partial charge in [0.15, 0.2) is 0 Å². The SMILES string of the molecule is CNc1ccc(COc2ccccc2C(F)(F)F)cn1. The quantitative estimate of drug-likeness (QED) is 0.928. The van der Waals surface area contributed by atoms with E-state index in [2.05, 4.69) is 10.3 Å². The fourth-order valence-corrected chi connectivity index (χ4v) is 1.65. The molecule has 0 radical (unpaired) electrons. The molecule has 3 nitrogen and oxygen atoms in total. The van der Waals surface area contributed by atoms with Gasteiger partial charge in [-0.3, -0.25) is 0 Å². The summed E-state index contributed by atoms with van der Waals surface area (Å²) in [5.74, 6) is 0.502. The third-order valence-electron chi connectivity index (χ3n) is 2.67. The highest BCUT2D eigenvalue weighted by Gasteiger charge is 2.33. The summed E-state index contributed by atoms with van der Waals surface area (Å²) in [6.07, 6.45) is -2.87. The molecule has 0 aliphatic rings. The Hall–Kier alpha value is -2.24. The van der Waals surface area contributed by atoms with Crippen LogP contribution in [0.15, 0.2) is 42.6 Å². The number of anilines is 1. The van der Waals surface area contributed by atoms with Gasteiger partial charge in [-0.15, -0.1) is 0 Å². The maximum Gasteiger partial charge on any atom is 0.419 e. The van der Waals surface area contributed by atoms with Crippen molar-refractivity contribution in [1.82, 2.24) is 4.98 Å². The third kappa shape index (κ3) is 3.40. The molecule has 2 aromatic rings. The van der Waals surface area contributed by atoms with Crippen molar-refractivity contribution in [3.8, 4) is 5.75 Å². The van der Waals surface area contributed by atoms with Gasteiger partial charge in [0.05, 0.1) is 5.56 Å². The monoisotopic (exact) mass is 282 g/mol. The van der Waals surface area contributed by atoms with Crippen LogP contribution in [-0.4, -0.2) is 12.0 Å². The highest BCUT2D eigenvalue weighted by molar-refractivity contribution is 5.37. The highest BCUT2D eigenvalue weighted by atomic mass is 19.4. The van der Waals surface area contributed by atoms with E-state index in [0.717, 1.165) is 6.07 Å². The standard InChI is InChI=1S/C14H13F3N2O/c1-18-13-7-6-10(8-19-13)9-20-12-5-3-2-4-11(12)14(15,16)17/h2-8H,9H2,1H3,(H,18,19). The van der Waals surface area contributed by atoms with Crippen LogP contribution in [0.25, 0.3) is 0 Å². The summed E-state index contributed by atoms with van der Waals surface area (Å²) in [7, 11) is 1.73. The Morgan fingerprint density at radius 2 is 1.90 bits per heavy atom. The molecule has 0 saturated carbocycles. The van der Waals surface area contributed by atoms with Crippen molar-refractivity contribution in [2.75, 3.05) is 12.4 Å². The lowest BCUT2D eigenvalue weighted by Crippen LogP contribution is -2.08. The van der Waals surface area contributed by atoms with Crippen LogP contribution in [0.2, 0.25) is 0 Å². The zero-order valence-corrected chi connectivity index (χ0v) is 10.7. The molecule has 1 heterocycles. The van der Waals surface area contributed by atoms with Gasteiger partial charge in [-0.1, -0.05) is 18.2 Å². The van der Waals surface area contributed by atoms with Crippen molar-refractivity contribution in [3.05, 3.63) is 53.7 Å². The molecule has 1 aromatic heterocycles. The van der Waals surface area contributed by atoms with Crippen molar-refractivity contribution >= 4 is 5.82 Å². The van der Waals surface area contributed by atoms with E-state index in [1.165, 1.54) is 18.2 Å². The Balaban J connectivity index is 2.10. The summed E-state index contributed by atoms with van der Waals surface area (Å²) in [4.78, 5) is 4.07. The van der Waals surface area contributed by atoms with E-state index in [4.69, 9.17) is 4.74 Å². The molecular formula is C14H13F3N2O. The van der Waals surface area contributed by atoms with Gasteiger partial charge in [-0.05, 0) is 18.2 Å². The predicted molar refractivity (Wildman–Crippen MR) is 69.6 cm³/mol. The number of nitrogens with zero attached hydrogens (tertiary/aromatic N) is 1. The fraction of sp³-hybridized carbons (Fsp3) is 0.214. The van der Waals surface area contributed by atoms with Crippen molar-refractivity contribution in [2.45, 2.75) is 12.8 Å². The van der Waals surface area contributed by atoms with Crippen LogP contribution in [0, 0.1) is 0 Å². The number of aromatic nitrogens is 1. The van der Waals surface area contributed by atoms with E-state index < -0.39 is 11.7 Å². The van der Waals surface area contributed by atoms with Crippen LogP contribution in [-0.2, 0) is 12.8 Å². The largest absolute Gasteiger partial charge is 0.488 e. The molecule has 0 bridgehead atoms. The number of nitrogens with one attached hydrogen (secondary N) is 1. The van der Waals surface area contributed by atoms with Gasteiger partial charge in [0.1, 0.15) is 18.2 Å². The Bertz CT molecular complexity index is 567. The van der Waals surface area contributed by atoms with Crippen LogP contribution in [0.1, 0.15) is 11.1 Å². The minimum Gasteiger partial charge on any atom is -0.488 e. The second-order valence-electron chi connectivity index (χ2n) is 4.08. The fourth-order valence-electron chi connectivity index (χ4n) is 1.65. The summed E-state index contributed by atoms with van der Waals surface area (Å²) in [5, 5.41) is 2.86. The average molecular weight is 282 g/mol. The van der Waals surface area contributed by atoms with Crippen LogP contribution in [0.3, 0.4) is 0 Å².